The van der Waals surface area contributed by atoms with Gasteiger partial charge in [-0.25, -0.2) is 4.79 Å². The lowest BCUT2D eigenvalue weighted by Crippen LogP contribution is -2.47. The third-order valence-corrected chi connectivity index (χ3v) is 5.23. The molecule has 146 valence electrons. The zero-order valence-electron chi connectivity index (χ0n) is 15.9. The lowest BCUT2D eigenvalue weighted by molar-refractivity contribution is -0.385. The van der Waals surface area contributed by atoms with Crippen molar-refractivity contribution in [2.45, 2.75) is 52.2 Å². The van der Waals surface area contributed by atoms with E-state index in [0.717, 1.165) is 25.3 Å². The third kappa shape index (κ3) is 5.64. The highest BCUT2D eigenvalue weighted by Crippen LogP contribution is 2.29. The Morgan fingerprint density at radius 2 is 2.00 bits per heavy atom. The van der Waals surface area contributed by atoms with E-state index in [2.05, 4.69) is 19.2 Å². The number of nitrogens with one attached hydrogen (secondary N) is 1. The summed E-state index contributed by atoms with van der Waals surface area (Å²) in [6.45, 7) is 5.82. The number of nitrogens with zero attached hydrogens (tertiary/aromatic N) is 1. The molecule has 1 aliphatic rings. The first-order valence-electron chi connectivity index (χ1n) is 9.22. The van der Waals surface area contributed by atoms with Gasteiger partial charge in [-0.15, -0.1) is 0 Å². The molecule has 0 aliphatic heterocycles. The number of hydrogen-bond acceptors (Lipinski definition) is 5. The number of benzene rings is 1. The van der Waals surface area contributed by atoms with E-state index in [-0.39, 0.29) is 17.6 Å². The molecule has 1 saturated carbocycles. The number of rotatable bonds is 6. The van der Waals surface area contributed by atoms with Crippen LogP contribution >= 0.6 is 0 Å². The molecule has 0 aromatic heterocycles. The summed E-state index contributed by atoms with van der Waals surface area (Å²) in [4.78, 5) is 34.7. The first kappa shape index (κ1) is 20.6. The van der Waals surface area contributed by atoms with Crippen LogP contribution in [-0.4, -0.2) is 28.9 Å². The average Bonchev–Trinajstić information content (AvgIpc) is 2.63. The maximum atomic E-state index is 12.3. The summed E-state index contributed by atoms with van der Waals surface area (Å²) in [7, 11) is 0. The number of amides is 1. The molecule has 0 radical (unpaired) electrons. The summed E-state index contributed by atoms with van der Waals surface area (Å²) in [5.74, 6) is -0.120. The molecule has 0 unspecified atom stereocenters. The van der Waals surface area contributed by atoms with Crippen molar-refractivity contribution in [1.29, 1.82) is 0 Å². The van der Waals surface area contributed by atoms with Crippen molar-refractivity contribution in [1.82, 2.24) is 5.32 Å². The van der Waals surface area contributed by atoms with Crippen LogP contribution in [0, 0.1) is 22.0 Å². The van der Waals surface area contributed by atoms with E-state index in [1.165, 1.54) is 25.1 Å². The number of carbonyl (C=O) groups excluding carboxylic acids is 2. The number of nitro groups is 1. The molecule has 2 rings (SSSR count). The average molecular weight is 374 g/mol. The van der Waals surface area contributed by atoms with Crippen molar-refractivity contribution in [2.24, 2.45) is 11.8 Å². The molecule has 27 heavy (non-hydrogen) atoms. The Morgan fingerprint density at radius 1 is 1.30 bits per heavy atom. The minimum atomic E-state index is -0.933. The maximum absolute atomic E-state index is 12.3. The molecule has 7 nitrogen and oxygen atoms in total. The van der Waals surface area contributed by atoms with Gasteiger partial charge in [0, 0.05) is 18.2 Å². The fraction of sp³-hybridized carbons (Fsp3) is 0.500. The van der Waals surface area contributed by atoms with Crippen molar-refractivity contribution < 1.29 is 19.2 Å². The van der Waals surface area contributed by atoms with E-state index in [0.29, 0.717) is 17.4 Å². The number of carbonyl (C=O) groups is 2. The van der Waals surface area contributed by atoms with E-state index in [9.17, 15) is 19.7 Å². The smallest absolute Gasteiger partial charge is 0.331 e. The standard InChI is InChI=1S/C20H26N2O5/c1-13-7-6-9-17(14(13)2)21-20(24)15(3)27-19(23)12-11-16-8-4-5-10-18(16)22(25)26/h4-5,8,10-15,17H,6-7,9H2,1-3H3,(H,21,24)/b12-11+/t13-,14-,15-,17-/m1/s1. The lowest BCUT2D eigenvalue weighted by Gasteiger charge is -2.35. The predicted molar refractivity (Wildman–Crippen MR) is 102 cm³/mol. The number of esters is 1. The highest BCUT2D eigenvalue weighted by Gasteiger charge is 2.29. The summed E-state index contributed by atoms with van der Waals surface area (Å²) in [5, 5.41) is 13.9. The SMILES string of the molecule is C[C@@H]1[C@H](C)CCC[C@H]1NC(=O)[C@@H](C)OC(=O)/C=C/c1ccccc1[N+](=O)[O-]. The summed E-state index contributed by atoms with van der Waals surface area (Å²) >= 11 is 0. The van der Waals surface area contributed by atoms with E-state index in [1.807, 2.05) is 0 Å². The fourth-order valence-electron chi connectivity index (χ4n) is 3.31. The minimum Gasteiger partial charge on any atom is -0.449 e. The second kappa shape index (κ2) is 9.30. The Hall–Kier alpha value is -2.70. The van der Waals surface area contributed by atoms with Gasteiger partial charge in [-0.1, -0.05) is 38.8 Å². The monoisotopic (exact) mass is 374 g/mol. The molecule has 1 N–H and O–H groups in total. The van der Waals surface area contributed by atoms with E-state index < -0.39 is 17.0 Å². The topological polar surface area (TPSA) is 98.5 Å². The van der Waals surface area contributed by atoms with Crippen molar-refractivity contribution >= 4 is 23.6 Å². The van der Waals surface area contributed by atoms with Crippen LogP contribution in [0.1, 0.15) is 45.6 Å². The highest BCUT2D eigenvalue weighted by molar-refractivity contribution is 5.91. The summed E-state index contributed by atoms with van der Waals surface area (Å²) in [6, 6.07) is 6.16. The fourth-order valence-corrected chi connectivity index (χ4v) is 3.31. The molecular weight excluding hydrogens is 348 g/mol. The van der Waals surface area contributed by atoms with Gasteiger partial charge in [-0.2, -0.15) is 0 Å². The van der Waals surface area contributed by atoms with Crippen LogP contribution < -0.4 is 5.32 Å². The normalized spacial score (nSPS) is 23.6. The number of para-hydroxylation sites is 1. The molecule has 1 amide bonds. The van der Waals surface area contributed by atoms with Crippen LogP contribution in [0.4, 0.5) is 5.69 Å². The van der Waals surface area contributed by atoms with Crippen molar-refractivity contribution in [3.63, 3.8) is 0 Å². The van der Waals surface area contributed by atoms with Crippen LogP contribution in [0.5, 0.6) is 0 Å². The van der Waals surface area contributed by atoms with Crippen LogP contribution in [0.25, 0.3) is 6.08 Å². The van der Waals surface area contributed by atoms with Gasteiger partial charge in [0.1, 0.15) is 0 Å². The number of nitro benzene ring substituents is 1. The minimum absolute atomic E-state index is 0.0879. The quantitative estimate of drug-likeness (QED) is 0.356. The van der Waals surface area contributed by atoms with Crippen LogP contribution in [0.3, 0.4) is 0 Å². The second-order valence-corrected chi connectivity index (χ2v) is 7.11. The molecule has 1 aromatic carbocycles. The first-order valence-corrected chi connectivity index (χ1v) is 9.22. The summed E-state index contributed by atoms with van der Waals surface area (Å²) < 4.78 is 5.13. The van der Waals surface area contributed by atoms with Crippen molar-refractivity contribution in [3.05, 3.63) is 46.0 Å². The molecular formula is C20H26N2O5. The summed E-state index contributed by atoms with van der Waals surface area (Å²) in [6.07, 6.45) is 4.64. The number of hydrogen-bond donors (Lipinski definition) is 1. The highest BCUT2D eigenvalue weighted by atomic mass is 16.6. The first-order chi connectivity index (χ1) is 12.8. The largest absolute Gasteiger partial charge is 0.449 e. The summed E-state index contributed by atoms with van der Waals surface area (Å²) in [5.41, 5.74) is 0.189. The van der Waals surface area contributed by atoms with Gasteiger partial charge >= 0.3 is 5.97 Å². The molecule has 0 heterocycles. The second-order valence-electron chi connectivity index (χ2n) is 7.11. The van der Waals surface area contributed by atoms with E-state index in [1.54, 1.807) is 12.1 Å². The molecule has 1 aliphatic carbocycles. The van der Waals surface area contributed by atoms with E-state index >= 15 is 0 Å². The molecule has 1 aromatic rings. The zero-order valence-corrected chi connectivity index (χ0v) is 15.9. The van der Waals surface area contributed by atoms with Gasteiger partial charge in [0.2, 0.25) is 0 Å². The molecule has 7 heteroatoms. The van der Waals surface area contributed by atoms with Gasteiger partial charge in [0.05, 0.1) is 10.5 Å². The van der Waals surface area contributed by atoms with Crippen LogP contribution in [0.2, 0.25) is 0 Å². The Kier molecular flexibility index (Phi) is 7.10. The molecule has 4 atom stereocenters. The third-order valence-electron chi connectivity index (χ3n) is 5.23. The Morgan fingerprint density at radius 3 is 2.70 bits per heavy atom. The van der Waals surface area contributed by atoms with Crippen molar-refractivity contribution in [3.8, 4) is 0 Å². The Bertz CT molecular complexity index is 731. The lowest BCUT2D eigenvalue weighted by atomic mass is 9.78. The van der Waals surface area contributed by atoms with Gasteiger partial charge in [-0.3, -0.25) is 14.9 Å². The van der Waals surface area contributed by atoms with Crippen LogP contribution in [-0.2, 0) is 14.3 Å². The molecule has 0 spiro atoms. The predicted octanol–water partition coefficient (Wildman–Crippen LogP) is 3.48. The van der Waals surface area contributed by atoms with E-state index in [4.69, 9.17) is 4.74 Å². The van der Waals surface area contributed by atoms with Crippen LogP contribution in [0.15, 0.2) is 30.3 Å². The Balaban J connectivity index is 1.91. The maximum Gasteiger partial charge on any atom is 0.331 e. The van der Waals surface area contributed by atoms with Gasteiger partial charge < -0.3 is 10.1 Å². The molecule has 1 fully saturated rings. The zero-order chi connectivity index (χ0) is 20.0. The van der Waals surface area contributed by atoms with Gasteiger partial charge in [0.15, 0.2) is 6.10 Å². The molecule has 0 saturated heterocycles. The van der Waals surface area contributed by atoms with Gasteiger partial charge in [-0.05, 0) is 37.3 Å². The molecule has 0 bridgehead atoms. The van der Waals surface area contributed by atoms with Gasteiger partial charge in [0.25, 0.3) is 11.6 Å². The number of ether oxygens (including phenoxy) is 1. The van der Waals surface area contributed by atoms with Crippen molar-refractivity contribution in [2.75, 3.05) is 0 Å². The Labute approximate surface area is 158 Å².